The number of amides is 1. The Balaban J connectivity index is 1.35. The van der Waals surface area contributed by atoms with Crippen molar-refractivity contribution in [3.63, 3.8) is 0 Å². The average Bonchev–Trinajstić information content (AvgIpc) is 3.69. The highest BCUT2D eigenvalue weighted by atomic mass is 16.5. The van der Waals surface area contributed by atoms with Gasteiger partial charge in [0, 0.05) is 37.2 Å². The number of ether oxygens (including phenoxy) is 1. The second-order valence-electron chi connectivity index (χ2n) is 9.40. The molecule has 1 amide bonds. The molecule has 1 atom stereocenters. The number of carbonyl (C=O) groups is 1. The normalized spacial score (nSPS) is 19.1. The fourth-order valence-electron chi connectivity index (χ4n) is 5.22. The topological polar surface area (TPSA) is 42.4 Å². The van der Waals surface area contributed by atoms with E-state index in [1.807, 2.05) is 12.3 Å². The molecule has 1 unspecified atom stereocenters. The molecule has 1 aromatic heterocycles. The fourth-order valence-corrected chi connectivity index (χ4v) is 5.22. The number of likely N-dealkylation sites (tertiary alicyclic amines) is 1. The molecule has 0 bridgehead atoms. The molecule has 1 aliphatic heterocycles. The Kier molecular flexibility index (Phi) is 5.73. The minimum Gasteiger partial charge on any atom is -0.371 e. The van der Waals surface area contributed by atoms with Crippen LogP contribution < -0.4 is 0 Å². The second-order valence-corrected chi connectivity index (χ2v) is 9.40. The molecule has 0 radical (unpaired) electrons. The van der Waals surface area contributed by atoms with Crippen molar-refractivity contribution in [1.82, 2.24) is 9.88 Å². The van der Waals surface area contributed by atoms with E-state index in [2.05, 4.69) is 72.3 Å². The third-order valence-corrected chi connectivity index (χ3v) is 7.35. The van der Waals surface area contributed by atoms with Gasteiger partial charge in [0.25, 0.3) is 0 Å². The van der Waals surface area contributed by atoms with Gasteiger partial charge in [0.2, 0.25) is 5.91 Å². The highest BCUT2D eigenvalue weighted by molar-refractivity contribution is 5.84. The Hall–Kier alpha value is -2.72. The van der Waals surface area contributed by atoms with E-state index in [0.717, 1.165) is 49.7 Å². The van der Waals surface area contributed by atoms with Crippen LogP contribution >= 0.6 is 0 Å². The van der Waals surface area contributed by atoms with E-state index >= 15 is 0 Å². The third kappa shape index (κ3) is 4.04. The molecule has 32 heavy (non-hydrogen) atoms. The van der Waals surface area contributed by atoms with Crippen LogP contribution in [-0.2, 0) is 15.1 Å². The summed E-state index contributed by atoms with van der Waals surface area (Å²) in [5.74, 6) is 1.08. The van der Waals surface area contributed by atoms with Crippen LogP contribution in [0, 0.1) is 11.8 Å². The van der Waals surface area contributed by atoms with E-state index in [4.69, 9.17) is 4.74 Å². The van der Waals surface area contributed by atoms with Gasteiger partial charge in [-0.15, -0.1) is 0 Å². The molecule has 2 aromatic carbocycles. The van der Waals surface area contributed by atoms with E-state index in [1.54, 1.807) is 0 Å². The van der Waals surface area contributed by atoms with Crippen LogP contribution in [0.3, 0.4) is 0 Å². The van der Waals surface area contributed by atoms with E-state index in [0.29, 0.717) is 24.3 Å². The molecule has 1 saturated carbocycles. The monoisotopic (exact) mass is 428 g/mol. The van der Waals surface area contributed by atoms with Crippen LogP contribution in [0.25, 0.3) is 22.0 Å². The number of carbonyl (C=O) groups excluding carboxylic acids is 1. The van der Waals surface area contributed by atoms with Gasteiger partial charge >= 0.3 is 0 Å². The van der Waals surface area contributed by atoms with Crippen LogP contribution in [0.5, 0.6) is 0 Å². The van der Waals surface area contributed by atoms with Gasteiger partial charge < -0.3 is 9.64 Å². The van der Waals surface area contributed by atoms with Gasteiger partial charge in [0.15, 0.2) is 0 Å². The predicted octanol–water partition coefficient (Wildman–Crippen LogP) is 5.80. The first-order chi connectivity index (χ1) is 15.6. The molecular weight excluding hydrogens is 396 g/mol. The summed E-state index contributed by atoms with van der Waals surface area (Å²) in [7, 11) is 0. The van der Waals surface area contributed by atoms with Crippen molar-refractivity contribution in [1.29, 1.82) is 0 Å². The lowest BCUT2D eigenvalue weighted by molar-refractivity contribution is -0.137. The third-order valence-electron chi connectivity index (χ3n) is 7.35. The zero-order chi connectivity index (χ0) is 22.1. The van der Waals surface area contributed by atoms with Crippen molar-refractivity contribution in [3.05, 3.63) is 66.4 Å². The summed E-state index contributed by atoms with van der Waals surface area (Å²) in [5.41, 5.74) is 4.25. The molecule has 0 spiro atoms. The molecule has 166 valence electrons. The van der Waals surface area contributed by atoms with Crippen LogP contribution in [0.2, 0.25) is 0 Å². The SMILES string of the molecule is CCOC(C)(c1ccc(-c2ccc3cccnc3c2)cc1)C1CCN(C(=O)C2CC2)CC1. The van der Waals surface area contributed by atoms with E-state index < -0.39 is 0 Å². The summed E-state index contributed by atoms with van der Waals surface area (Å²) in [5, 5.41) is 1.16. The fraction of sp³-hybridized carbons (Fsp3) is 0.429. The van der Waals surface area contributed by atoms with Gasteiger partial charge in [-0.25, -0.2) is 0 Å². The molecule has 2 aliphatic rings. The highest BCUT2D eigenvalue weighted by Gasteiger charge is 2.41. The summed E-state index contributed by atoms with van der Waals surface area (Å²) in [6, 6.07) is 19.3. The Bertz CT molecular complexity index is 1100. The van der Waals surface area contributed by atoms with Gasteiger partial charge in [-0.05, 0) is 74.3 Å². The number of pyridine rings is 1. The highest BCUT2D eigenvalue weighted by Crippen LogP contribution is 2.41. The van der Waals surface area contributed by atoms with Crippen molar-refractivity contribution >= 4 is 16.8 Å². The molecule has 4 heteroatoms. The molecule has 5 rings (SSSR count). The van der Waals surface area contributed by atoms with Gasteiger partial charge in [0.1, 0.15) is 0 Å². The number of hydrogen-bond acceptors (Lipinski definition) is 3. The maximum absolute atomic E-state index is 12.5. The van der Waals surface area contributed by atoms with Crippen molar-refractivity contribution < 1.29 is 9.53 Å². The van der Waals surface area contributed by atoms with Gasteiger partial charge in [-0.3, -0.25) is 9.78 Å². The van der Waals surface area contributed by atoms with Crippen LogP contribution in [-0.4, -0.2) is 35.5 Å². The maximum Gasteiger partial charge on any atom is 0.225 e. The van der Waals surface area contributed by atoms with Crippen LogP contribution in [0.1, 0.15) is 45.1 Å². The lowest BCUT2D eigenvalue weighted by Crippen LogP contribution is -2.45. The second kappa shape index (κ2) is 8.67. The molecule has 1 aliphatic carbocycles. The number of nitrogens with zero attached hydrogens (tertiary/aromatic N) is 2. The Labute approximate surface area is 190 Å². The zero-order valence-corrected chi connectivity index (χ0v) is 19.1. The van der Waals surface area contributed by atoms with E-state index in [9.17, 15) is 4.79 Å². The molecule has 1 saturated heterocycles. The predicted molar refractivity (Wildman–Crippen MR) is 128 cm³/mol. The van der Waals surface area contributed by atoms with E-state index in [1.165, 1.54) is 16.7 Å². The summed E-state index contributed by atoms with van der Waals surface area (Å²) in [4.78, 5) is 19.0. The number of hydrogen-bond donors (Lipinski definition) is 0. The van der Waals surface area contributed by atoms with Gasteiger partial charge in [-0.2, -0.15) is 0 Å². The zero-order valence-electron chi connectivity index (χ0n) is 19.1. The Morgan fingerprint density at radius 3 is 2.44 bits per heavy atom. The Morgan fingerprint density at radius 2 is 1.75 bits per heavy atom. The summed E-state index contributed by atoms with van der Waals surface area (Å²) in [6.45, 7) is 6.68. The summed E-state index contributed by atoms with van der Waals surface area (Å²) >= 11 is 0. The largest absolute Gasteiger partial charge is 0.371 e. The first-order valence-corrected chi connectivity index (χ1v) is 12.0. The first kappa shape index (κ1) is 21.1. The standard InChI is InChI=1S/C28H32N2O2/c1-3-32-28(2,25-14-17-30(18-15-25)27(31)22-7-8-22)24-12-10-20(11-13-24)23-9-6-21-5-4-16-29-26(21)19-23/h4-6,9-13,16,19,22,25H,3,7-8,14-15,17-18H2,1-2H3. The van der Waals surface area contributed by atoms with Crippen molar-refractivity contribution in [2.45, 2.75) is 45.1 Å². The summed E-state index contributed by atoms with van der Waals surface area (Å²) < 4.78 is 6.40. The number of aromatic nitrogens is 1. The van der Waals surface area contributed by atoms with Crippen molar-refractivity contribution in [2.75, 3.05) is 19.7 Å². The number of rotatable bonds is 6. The number of benzene rings is 2. The summed E-state index contributed by atoms with van der Waals surface area (Å²) in [6.07, 6.45) is 5.98. The average molecular weight is 429 g/mol. The van der Waals surface area contributed by atoms with Crippen molar-refractivity contribution in [3.8, 4) is 11.1 Å². The molecule has 2 fully saturated rings. The van der Waals surface area contributed by atoms with Gasteiger partial charge in [-0.1, -0.05) is 42.5 Å². The number of piperidine rings is 1. The van der Waals surface area contributed by atoms with Crippen LogP contribution in [0.4, 0.5) is 0 Å². The first-order valence-electron chi connectivity index (χ1n) is 12.0. The van der Waals surface area contributed by atoms with E-state index in [-0.39, 0.29) is 5.60 Å². The lowest BCUT2D eigenvalue weighted by atomic mass is 9.76. The maximum atomic E-state index is 12.5. The molecular formula is C28H32N2O2. The van der Waals surface area contributed by atoms with Crippen molar-refractivity contribution in [2.24, 2.45) is 11.8 Å². The smallest absolute Gasteiger partial charge is 0.225 e. The minimum atomic E-state index is -0.340. The molecule has 3 aromatic rings. The number of fused-ring (bicyclic) bond motifs is 1. The lowest BCUT2D eigenvalue weighted by Gasteiger charge is -2.43. The minimum absolute atomic E-state index is 0.308. The molecule has 2 heterocycles. The molecule has 4 nitrogen and oxygen atoms in total. The Morgan fingerprint density at radius 1 is 1.03 bits per heavy atom. The van der Waals surface area contributed by atoms with Crippen LogP contribution in [0.15, 0.2) is 60.8 Å². The quantitative estimate of drug-likeness (QED) is 0.498. The molecule has 0 N–H and O–H groups in total. The van der Waals surface area contributed by atoms with Gasteiger partial charge in [0.05, 0.1) is 11.1 Å².